The average molecular weight is 464 g/mol. The molecule has 0 aliphatic carbocycles. The van der Waals surface area contributed by atoms with Gasteiger partial charge in [0.15, 0.2) is 10.3 Å². The van der Waals surface area contributed by atoms with Crippen LogP contribution in [0.2, 0.25) is 5.02 Å². The van der Waals surface area contributed by atoms with Gasteiger partial charge in [-0.05, 0) is 48.0 Å². The Balaban J connectivity index is 1.41. The largest absolute Gasteiger partial charge is 0.450 e. The molecule has 2 aliphatic heterocycles. The average Bonchev–Trinajstić information content (AvgIpc) is 3.40. The van der Waals surface area contributed by atoms with Gasteiger partial charge in [-0.1, -0.05) is 65.5 Å². The van der Waals surface area contributed by atoms with E-state index in [0.717, 1.165) is 16.2 Å². The number of aliphatic imine (C=N–C) groups is 1. The van der Waals surface area contributed by atoms with Crippen molar-refractivity contribution in [2.24, 2.45) is 4.99 Å². The van der Waals surface area contributed by atoms with Gasteiger partial charge in [0.25, 0.3) is 5.91 Å². The number of hydrogen-bond acceptors (Lipinski definition) is 5. The number of hydrogen-bond donors (Lipinski definition) is 1. The number of benzene rings is 2. The van der Waals surface area contributed by atoms with E-state index < -0.39 is 5.91 Å². The highest BCUT2D eigenvalue weighted by molar-refractivity contribution is 8.17. The van der Waals surface area contributed by atoms with Crippen LogP contribution in [0.25, 0.3) is 11.8 Å². The lowest BCUT2D eigenvalue weighted by atomic mass is 10.1. The summed E-state index contributed by atoms with van der Waals surface area (Å²) in [5.74, 6) is 0.119. The summed E-state index contributed by atoms with van der Waals surface area (Å²) in [5, 5.41) is 12.4. The van der Waals surface area contributed by atoms with Crippen molar-refractivity contribution < 1.29 is 9.21 Å². The molecule has 0 spiro atoms. The minimum Gasteiger partial charge on any atom is -0.450 e. The molecule has 5 rings (SSSR count). The fraction of sp³-hybridized carbons (Fsp3) is 0. The molecule has 0 bridgehead atoms. The van der Waals surface area contributed by atoms with E-state index in [-0.39, 0.29) is 11.4 Å². The summed E-state index contributed by atoms with van der Waals surface area (Å²) >= 11 is 8.72. The van der Waals surface area contributed by atoms with Gasteiger partial charge in [0.1, 0.15) is 11.6 Å². The Labute approximate surface area is 192 Å². The molecule has 1 aromatic heterocycles. The Morgan fingerprint density at radius 2 is 1.84 bits per heavy atom. The van der Waals surface area contributed by atoms with E-state index in [9.17, 15) is 4.79 Å². The van der Waals surface area contributed by atoms with Gasteiger partial charge < -0.3 is 4.42 Å². The number of rotatable bonds is 4. The number of nitrogens with zero attached hydrogens (tertiary/aromatic N) is 2. The highest BCUT2D eigenvalue weighted by Gasteiger charge is 2.36. The molecule has 0 unspecified atom stereocenters. The lowest BCUT2D eigenvalue weighted by Gasteiger charge is -2.26. The van der Waals surface area contributed by atoms with E-state index in [2.05, 4.69) is 4.99 Å². The third-order valence-electron chi connectivity index (χ3n) is 4.60. The molecule has 2 aliphatic rings. The number of furan rings is 1. The maximum atomic E-state index is 12.6. The molecule has 2 aromatic carbocycles. The second-order valence-corrected chi connectivity index (χ2v) is 8.99. The van der Waals surface area contributed by atoms with E-state index in [1.54, 1.807) is 17.0 Å². The number of carbonyl (C=O) groups excluding carboxylic acids is 1. The van der Waals surface area contributed by atoms with Crippen LogP contribution in [0.1, 0.15) is 11.3 Å². The first-order valence-corrected chi connectivity index (χ1v) is 11.4. The first-order chi connectivity index (χ1) is 15.1. The molecule has 5 nitrogen and oxygen atoms in total. The van der Waals surface area contributed by atoms with Crippen molar-refractivity contribution in [2.45, 2.75) is 9.99 Å². The number of halogens is 1. The smallest absolute Gasteiger partial charge is 0.283 e. The van der Waals surface area contributed by atoms with Crippen LogP contribution >= 0.6 is 35.1 Å². The Hall–Kier alpha value is -3.00. The van der Waals surface area contributed by atoms with Gasteiger partial charge in [-0.15, -0.1) is 0 Å². The van der Waals surface area contributed by atoms with Crippen molar-refractivity contribution in [2.75, 3.05) is 0 Å². The van der Waals surface area contributed by atoms with Gasteiger partial charge in [-0.25, -0.2) is 0 Å². The van der Waals surface area contributed by atoms with E-state index in [0.29, 0.717) is 21.0 Å². The second-order valence-electron chi connectivity index (χ2n) is 6.64. The molecule has 0 fully saturated rings. The van der Waals surface area contributed by atoms with Crippen molar-refractivity contribution in [3.63, 3.8) is 0 Å². The van der Waals surface area contributed by atoms with E-state index >= 15 is 0 Å². The van der Waals surface area contributed by atoms with Gasteiger partial charge in [-0.2, -0.15) is 4.99 Å². The van der Waals surface area contributed by atoms with Crippen molar-refractivity contribution in [1.82, 2.24) is 4.90 Å². The van der Waals surface area contributed by atoms with Crippen molar-refractivity contribution in [3.05, 3.63) is 94.1 Å². The van der Waals surface area contributed by atoms with Crippen molar-refractivity contribution in [1.29, 1.82) is 5.41 Å². The number of amides is 1. The first kappa shape index (κ1) is 19.9. The van der Waals surface area contributed by atoms with E-state index in [1.165, 1.54) is 23.5 Å². The zero-order valence-corrected chi connectivity index (χ0v) is 18.3. The van der Waals surface area contributed by atoms with Crippen LogP contribution in [0.15, 0.2) is 97.1 Å². The topological polar surface area (TPSA) is 69.7 Å². The summed E-state index contributed by atoms with van der Waals surface area (Å²) in [7, 11) is 0. The monoisotopic (exact) mass is 463 g/mol. The molecular formula is C23H14ClN3O2S2. The quantitative estimate of drug-likeness (QED) is 0.454. The van der Waals surface area contributed by atoms with E-state index in [1.807, 2.05) is 66.1 Å². The van der Waals surface area contributed by atoms with Crippen molar-refractivity contribution >= 4 is 63.8 Å². The fourth-order valence-electron chi connectivity index (χ4n) is 3.14. The molecule has 1 amide bonds. The lowest BCUT2D eigenvalue weighted by molar-refractivity contribution is -0.114. The molecular weight excluding hydrogens is 450 g/mol. The number of fused-ring (bicyclic) bond motifs is 1. The predicted octanol–water partition coefficient (Wildman–Crippen LogP) is 6.39. The Morgan fingerprint density at radius 1 is 1.06 bits per heavy atom. The van der Waals surface area contributed by atoms with Gasteiger partial charge in [-0.3, -0.25) is 15.1 Å². The highest BCUT2D eigenvalue weighted by atomic mass is 35.5. The van der Waals surface area contributed by atoms with Gasteiger partial charge in [0.05, 0.1) is 11.3 Å². The molecule has 3 heterocycles. The molecule has 8 heteroatoms. The van der Waals surface area contributed by atoms with Crippen molar-refractivity contribution in [3.8, 4) is 0 Å². The summed E-state index contributed by atoms with van der Waals surface area (Å²) in [6.07, 6.45) is 1.57. The summed E-state index contributed by atoms with van der Waals surface area (Å²) in [6.45, 7) is 0. The number of nitrogens with one attached hydrogen (secondary N) is 1. The molecule has 31 heavy (non-hydrogen) atoms. The molecule has 1 N–H and O–H groups in total. The zero-order valence-electron chi connectivity index (χ0n) is 15.9. The standard InChI is InChI=1S/C23H14ClN3O2S2/c24-15-6-9-17(10-7-15)31-20-11-8-16(29-20)12-18-21(25)27-19(14-4-2-1-3-5-14)13-30-23(27)26-22(18)28/h1-13,25H/b18-12-,25-21?. The maximum absolute atomic E-state index is 12.6. The summed E-state index contributed by atoms with van der Waals surface area (Å²) in [6, 6.07) is 20.8. The second kappa shape index (κ2) is 8.26. The minimum atomic E-state index is -0.449. The highest BCUT2D eigenvalue weighted by Crippen LogP contribution is 2.37. The van der Waals surface area contributed by atoms with E-state index in [4.69, 9.17) is 21.4 Å². The maximum Gasteiger partial charge on any atom is 0.283 e. The molecule has 0 saturated carbocycles. The molecule has 152 valence electrons. The molecule has 0 saturated heterocycles. The van der Waals surface area contributed by atoms with Gasteiger partial charge in [0.2, 0.25) is 0 Å². The fourth-order valence-corrected chi connectivity index (χ4v) is 4.94. The number of amidine groups is 2. The normalized spacial score (nSPS) is 17.1. The zero-order chi connectivity index (χ0) is 21.4. The molecule has 0 radical (unpaired) electrons. The van der Waals surface area contributed by atoms with Crippen LogP contribution in [-0.2, 0) is 4.79 Å². The van der Waals surface area contributed by atoms with Crippen LogP contribution < -0.4 is 0 Å². The molecule has 3 aromatic rings. The van der Waals surface area contributed by atoms with Crippen LogP contribution in [0.4, 0.5) is 0 Å². The van der Waals surface area contributed by atoms with Gasteiger partial charge >= 0.3 is 0 Å². The first-order valence-electron chi connectivity index (χ1n) is 9.28. The SMILES string of the molecule is N=C1/C(=C/c2ccc(Sc3ccc(Cl)cc3)o2)C(=O)N=C2SC=C(c3ccccc3)N12. The van der Waals surface area contributed by atoms with Crippen LogP contribution in [-0.4, -0.2) is 21.8 Å². The lowest BCUT2D eigenvalue weighted by Crippen LogP contribution is -2.37. The minimum absolute atomic E-state index is 0.0819. The third-order valence-corrected chi connectivity index (χ3v) is 6.61. The Kier molecular flexibility index (Phi) is 5.31. The van der Waals surface area contributed by atoms with Crippen LogP contribution in [0.5, 0.6) is 0 Å². The van der Waals surface area contributed by atoms with Crippen LogP contribution in [0.3, 0.4) is 0 Å². The predicted molar refractivity (Wildman–Crippen MR) is 126 cm³/mol. The number of carbonyl (C=O) groups is 1. The Bertz CT molecular complexity index is 1280. The Morgan fingerprint density at radius 3 is 2.61 bits per heavy atom. The van der Waals surface area contributed by atoms with Crippen LogP contribution in [0, 0.1) is 5.41 Å². The number of thioether (sulfide) groups is 1. The van der Waals surface area contributed by atoms with Gasteiger partial charge in [0, 0.05) is 15.3 Å². The molecule has 0 atom stereocenters. The summed E-state index contributed by atoms with van der Waals surface area (Å²) in [5.41, 5.74) is 1.97. The summed E-state index contributed by atoms with van der Waals surface area (Å²) < 4.78 is 5.86. The summed E-state index contributed by atoms with van der Waals surface area (Å²) in [4.78, 5) is 19.5. The third kappa shape index (κ3) is 3.99.